The summed E-state index contributed by atoms with van der Waals surface area (Å²) in [5.74, 6) is 0. The van der Waals surface area contributed by atoms with Gasteiger partial charge in [-0.3, -0.25) is 9.80 Å². The van der Waals surface area contributed by atoms with Gasteiger partial charge in [0.15, 0.2) is 0 Å². The van der Waals surface area contributed by atoms with Crippen LogP contribution in [-0.2, 0) is 17.6 Å². The number of fused-ring (bicyclic) bond motifs is 1. The number of rotatable bonds is 3. The molecule has 0 radical (unpaired) electrons. The molecule has 0 spiro atoms. The highest BCUT2D eigenvalue weighted by atomic mass is 16.6. The topological polar surface area (TPSA) is 61.9 Å². The SMILES string of the molecule is Cc1ccc(NC(=O)N(C)c2cccc3c2CCCC3)cc1N1CCOC1=O. The van der Waals surface area contributed by atoms with Crippen molar-refractivity contribution in [3.63, 3.8) is 0 Å². The van der Waals surface area contributed by atoms with Gasteiger partial charge in [0.1, 0.15) is 6.61 Å². The lowest BCUT2D eigenvalue weighted by Gasteiger charge is -2.25. The number of hydrogen-bond acceptors (Lipinski definition) is 3. The van der Waals surface area contributed by atoms with Crippen molar-refractivity contribution in [2.24, 2.45) is 0 Å². The Balaban J connectivity index is 1.55. The van der Waals surface area contributed by atoms with Crippen molar-refractivity contribution in [1.82, 2.24) is 0 Å². The van der Waals surface area contributed by atoms with Crippen LogP contribution in [0.2, 0.25) is 0 Å². The lowest BCUT2D eigenvalue weighted by Crippen LogP contribution is -2.32. The standard InChI is InChI=1S/C22H25N3O3/c1-15-10-11-17(14-20(15)25-12-13-28-22(25)27)23-21(26)24(2)19-9-5-7-16-6-3-4-8-18(16)19/h5,7,9-11,14H,3-4,6,8,12-13H2,1-2H3,(H,23,26). The van der Waals surface area contributed by atoms with Crippen LogP contribution >= 0.6 is 0 Å². The first-order valence-electron chi connectivity index (χ1n) is 9.75. The lowest BCUT2D eigenvalue weighted by atomic mass is 9.90. The summed E-state index contributed by atoms with van der Waals surface area (Å²) in [4.78, 5) is 28.1. The minimum atomic E-state index is -0.348. The Morgan fingerprint density at radius 1 is 1.18 bits per heavy atom. The molecule has 4 rings (SSSR count). The van der Waals surface area contributed by atoms with E-state index in [0.29, 0.717) is 18.8 Å². The predicted octanol–water partition coefficient (Wildman–Crippen LogP) is 4.50. The van der Waals surface area contributed by atoms with Crippen LogP contribution in [0.15, 0.2) is 36.4 Å². The van der Waals surface area contributed by atoms with Gasteiger partial charge in [-0.1, -0.05) is 18.2 Å². The van der Waals surface area contributed by atoms with E-state index in [9.17, 15) is 9.59 Å². The molecule has 2 aromatic rings. The first kappa shape index (κ1) is 18.3. The number of aryl methyl sites for hydroxylation is 2. The molecule has 1 heterocycles. The normalized spacial score (nSPS) is 15.8. The van der Waals surface area contributed by atoms with Crippen molar-refractivity contribution in [3.05, 3.63) is 53.1 Å². The van der Waals surface area contributed by atoms with E-state index in [0.717, 1.165) is 36.2 Å². The molecule has 0 atom stereocenters. The number of ether oxygens (including phenoxy) is 1. The van der Waals surface area contributed by atoms with Crippen LogP contribution in [0.4, 0.5) is 26.7 Å². The van der Waals surface area contributed by atoms with Gasteiger partial charge in [-0.15, -0.1) is 0 Å². The van der Waals surface area contributed by atoms with Crippen LogP contribution in [0.5, 0.6) is 0 Å². The van der Waals surface area contributed by atoms with Crippen molar-refractivity contribution in [3.8, 4) is 0 Å². The summed E-state index contributed by atoms with van der Waals surface area (Å²) >= 11 is 0. The van der Waals surface area contributed by atoms with Crippen molar-refractivity contribution in [2.75, 3.05) is 35.3 Å². The molecule has 0 unspecified atom stereocenters. The molecule has 28 heavy (non-hydrogen) atoms. The molecule has 1 saturated heterocycles. The zero-order valence-corrected chi connectivity index (χ0v) is 16.3. The zero-order valence-electron chi connectivity index (χ0n) is 16.3. The Bertz CT molecular complexity index is 925. The van der Waals surface area contributed by atoms with Crippen molar-refractivity contribution in [2.45, 2.75) is 32.6 Å². The fourth-order valence-electron chi connectivity index (χ4n) is 3.98. The summed E-state index contributed by atoms with van der Waals surface area (Å²) in [5.41, 5.74) is 5.96. The second-order valence-electron chi connectivity index (χ2n) is 7.38. The van der Waals surface area contributed by atoms with E-state index >= 15 is 0 Å². The number of nitrogens with one attached hydrogen (secondary N) is 1. The average molecular weight is 379 g/mol. The highest BCUT2D eigenvalue weighted by Crippen LogP contribution is 2.31. The Morgan fingerprint density at radius 3 is 2.79 bits per heavy atom. The van der Waals surface area contributed by atoms with Crippen LogP contribution in [0.25, 0.3) is 0 Å². The van der Waals surface area contributed by atoms with Crippen LogP contribution in [0.1, 0.15) is 29.5 Å². The second-order valence-corrected chi connectivity index (χ2v) is 7.38. The van der Waals surface area contributed by atoms with E-state index in [2.05, 4.69) is 11.4 Å². The second kappa shape index (κ2) is 7.54. The Kier molecular flexibility index (Phi) is 4.94. The fraction of sp³-hybridized carbons (Fsp3) is 0.364. The highest BCUT2D eigenvalue weighted by Gasteiger charge is 2.25. The summed E-state index contributed by atoms with van der Waals surface area (Å²) < 4.78 is 5.04. The third kappa shape index (κ3) is 3.42. The van der Waals surface area contributed by atoms with Gasteiger partial charge in [-0.2, -0.15) is 0 Å². The van der Waals surface area contributed by atoms with Crippen molar-refractivity contribution >= 4 is 29.2 Å². The van der Waals surface area contributed by atoms with Crippen LogP contribution in [-0.4, -0.2) is 32.3 Å². The summed E-state index contributed by atoms with van der Waals surface area (Å²) in [6, 6.07) is 11.6. The number of benzene rings is 2. The predicted molar refractivity (Wildman–Crippen MR) is 110 cm³/mol. The van der Waals surface area contributed by atoms with Gasteiger partial charge in [0.2, 0.25) is 0 Å². The van der Waals surface area contributed by atoms with Gasteiger partial charge in [-0.25, -0.2) is 9.59 Å². The molecule has 3 amide bonds. The van der Waals surface area contributed by atoms with E-state index in [1.807, 2.05) is 37.3 Å². The van der Waals surface area contributed by atoms with E-state index in [1.54, 1.807) is 16.8 Å². The molecule has 1 aliphatic heterocycles. The van der Waals surface area contributed by atoms with Crippen molar-refractivity contribution < 1.29 is 14.3 Å². The maximum absolute atomic E-state index is 12.9. The molecule has 1 fully saturated rings. The molecule has 6 heteroatoms. The third-order valence-electron chi connectivity index (χ3n) is 5.55. The zero-order chi connectivity index (χ0) is 19.7. The largest absolute Gasteiger partial charge is 0.447 e. The number of hydrogen-bond donors (Lipinski definition) is 1. The summed E-state index contributed by atoms with van der Waals surface area (Å²) in [5, 5.41) is 2.96. The van der Waals surface area contributed by atoms with Crippen LogP contribution in [0.3, 0.4) is 0 Å². The van der Waals surface area contributed by atoms with Crippen molar-refractivity contribution in [1.29, 1.82) is 0 Å². The number of amides is 3. The molecule has 1 aliphatic carbocycles. The van der Waals surface area contributed by atoms with E-state index < -0.39 is 0 Å². The molecular formula is C22H25N3O3. The van der Waals surface area contributed by atoms with E-state index in [-0.39, 0.29) is 12.1 Å². The first-order chi connectivity index (χ1) is 13.5. The maximum Gasteiger partial charge on any atom is 0.414 e. The van der Waals surface area contributed by atoms with Gasteiger partial charge in [0, 0.05) is 18.4 Å². The molecule has 0 saturated carbocycles. The van der Waals surface area contributed by atoms with Crippen LogP contribution < -0.4 is 15.1 Å². The minimum Gasteiger partial charge on any atom is -0.447 e. The summed E-state index contributed by atoms with van der Waals surface area (Å²) in [6.45, 7) is 2.85. The summed E-state index contributed by atoms with van der Waals surface area (Å²) in [6.07, 6.45) is 4.10. The highest BCUT2D eigenvalue weighted by molar-refractivity contribution is 6.02. The first-order valence-corrected chi connectivity index (χ1v) is 9.75. The molecular weight excluding hydrogens is 354 g/mol. The number of urea groups is 1. The maximum atomic E-state index is 12.9. The summed E-state index contributed by atoms with van der Waals surface area (Å²) in [7, 11) is 1.80. The number of carbonyl (C=O) groups is 2. The molecule has 0 bridgehead atoms. The fourth-order valence-corrected chi connectivity index (χ4v) is 3.98. The Morgan fingerprint density at radius 2 is 2.00 bits per heavy atom. The average Bonchev–Trinajstić information content (AvgIpc) is 3.14. The molecule has 2 aliphatic rings. The molecule has 0 aromatic heterocycles. The van der Waals surface area contributed by atoms with Crippen LogP contribution in [0, 0.1) is 6.92 Å². The molecule has 6 nitrogen and oxygen atoms in total. The van der Waals surface area contributed by atoms with Gasteiger partial charge >= 0.3 is 12.1 Å². The monoisotopic (exact) mass is 379 g/mol. The number of nitrogens with zero attached hydrogens (tertiary/aromatic N) is 2. The lowest BCUT2D eigenvalue weighted by molar-refractivity contribution is 0.181. The van der Waals surface area contributed by atoms with E-state index in [1.165, 1.54) is 17.5 Å². The molecule has 1 N–H and O–H groups in total. The van der Waals surface area contributed by atoms with Gasteiger partial charge in [-0.05, 0) is 67.5 Å². The van der Waals surface area contributed by atoms with Gasteiger partial charge < -0.3 is 10.1 Å². The Labute approximate surface area is 165 Å². The van der Waals surface area contributed by atoms with Gasteiger partial charge in [0.25, 0.3) is 0 Å². The smallest absolute Gasteiger partial charge is 0.414 e. The number of carbonyl (C=O) groups excluding carboxylic acids is 2. The quantitative estimate of drug-likeness (QED) is 0.854. The third-order valence-corrected chi connectivity index (χ3v) is 5.55. The Hall–Kier alpha value is -3.02. The molecule has 146 valence electrons. The van der Waals surface area contributed by atoms with E-state index in [4.69, 9.17) is 4.74 Å². The number of anilines is 3. The number of cyclic esters (lactones) is 1. The van der Waals surface area contributed by atoms with Gasteiger partial charge in [0.05, 0.1) is 12.2 Å². The molecule has 2 aromatic carbocycles. The minimum absolute atomic E-state index is 0.197.